The number of oxazole rings is 1. The lowest BCUT2D eigenvalue weighted by Crippen LogP contribution is -2.46. The van der Waals surface area contributed by atoms with E-state index in [9.17, 15) is 4.79 Å². The summed E-state index contributed by atoms with van der Waals surface area (Å²) in [4.78, 5) is 17.1. The van der Waals surface area contributed by atoms with Crippen LogP contribution >= 0.6 is 11.3 Å². The zero-order valence-corrected chi connectivity index (χ0v) is 16.4. The first-order valence-electron chi connectivity index (χ1n) is 8.68. The van der Waals surface area contributed by atoms with Gasteiger partial charge in [-0.25, -0.2) is 4.98 Å². The Morgan fingerprint density at radius 3 is 2.69 bits per heavy atom. The maximum Gasteiger partial charge on any atom is 0.227 e. The van der Waals surface area contributed by atoms with Crippen LogP contribution in [0.15, 0.2) is 45.5 Å². The number of hydrogen-bond acceptors (Lipinski definition) is 4. The van der Waals surface area contributed by atoms with E-state index < -0.39 is 0 Å². The fourth-order valence-electron chi connectivity index (χ4n) is 3.00. The largest absolute Gasteiger partial charge is 0.441 e. The second-order valence-corrected chi connectivity index (χ2v) is 8.03. The molecule has 2 heterocycles. The first kappa shape index (κ1) is 18.4. The molecule has 1 aromatic carbocycles. The summed E-state index contributed by atoms with van der Waals surface area (Å²) in [6, 6.07) is 10.2. The minimum absolute atomic E-state index is 0.0446. The van der Waals surface area contributed by atoms with E-state index in [0.717, 1.165) is 12.0 Å². The summed E-state index contributed by atoms with van der Waals surface area (Å²) in [6.07, 6.45) is 1.00. The molecular weight excluding hydrogens is 344 g/mol. The monoisotopic (exact) mass is 368 g/mol. The van der Waals surface area contributed by atoms with Gasteiger partial charge in [-0.05, 0) is 56.7 Å². The highest BCUT2D eigenvalue weighted by Gasteiger charge is 2.23. The number of rotatable bonds is 6. The van der Waals surface area contributed by atoms with E-state index in [1.165, 1.54) is 11.1 Å². The number of hydrogen-bond donors (Lipinski definition) is 1. The highest BCUT2D eigenvalue weighted by atomic mass is 32.1. The molecule has 0 aliphatic carbocycles. The van der Waals surface area contributed by atoms with Crippen LogP contribution in [0.5, 0.6) is 0 Å². The van der Waals surface area contributed by atoms with Crippen molar-refractivity contribution in [1.29, 1.82) is 0 Å². The molecule has 5 heteroatoms. The molecular formula is C21H24N2O2S. The summed E-state index contributed by atoms with van der Waals surface area (Å²) >= 11 is 1.59. The smallest absolute Gasteiger partial charge is 0.227 e. The summed E-state index contributed by atoms with van der Waals surface area (Å²) in [6.45, 7) is 8.04. The molecule has 1 amide bonds. The lowest BCUT2D eigenvalue weighted by molar-refractivity contribution is -0.122. The minimum atomic E-state index is -0.336. The Balaban J connectivity index is 1.66. The molecule has 0 spiro atoms. The molecule has 3 aromatic rings. The number of nitrogens with one attached hydrogen (secondary N) is 1. The van der Waals surface area contributed by atoms with Crippen molar-refractivity contribution in [1.82, 2.24) is 10.3 Å². The van der Waals surface area contributed by atoms with Gasteiger partial charge in [-0.3, -0.25) is 4.79 Å². The number of carbonyl (C=O) groups is 1. The van der Waals surface area contributed by atoms with E-state index >= 15 is 0 Å². The molecule has 0 fully saturated rings. The lowest BCUT2D eigenvalue weighted by Gasteiger charge is -2.27. The average molecular weight is 369 g/mol. The van der Waals surface area contributed by atoms with Crippen LogP contribution in [-0.4, -0.2) is 16.4 Å². The van der Waals surface area contributed by atoms with Crippen LogP contribution in [0, 0.1) is 13.8 Å². The number of aryl methyl sites for hydroxylation is 2. The molecule has 136 valence electrons. The topological polar surface area (TPSA) is 55.1 Å². The first-order valence-corrected chi connectivity index (χ1v) is 9.63. The van der Waals surface area contributed by atoms with Crippen molar-refractivity contribution in [3.63, 3.8) is 0 Å². The van der Waals surface area contributed by atoms with E-state index in [2.05, 4.69) is 29.4 Å². The Labute approximate surface area is 158 Å². The Morgan fingerprint density at radius 2 is 2.00 bits per heavy atom. The Morgan fingerprint density at radius 1 is 1.23 bits per heavy atom. The lowest BCUT2D eigenvalue weighted by atomic mass is 9.92. The zero-order valence-electron chi connectivity index (χ0n) is 15.6. The van der Waals surface area contributed by atoms with Gasteiger partial charge in [0.2, 0.25) is 11.8 Å². The van der Waals surface area contributed by atoms with Crippen LogP contribution in [-0.2, 0) is 17.6 Å². The van der Waals surface area contributed by atoms with E-state index in [4.69, 9.17) is 4.42 Å². The van der Waals surface area contributed by atoms with Gasteiger partial charge in [0.1, 0.15) is 5.76 Å². The maximum atomic E-state index is 12.6. The molecule has 4 nitrogen and oxygen atoms in total. The minimum Gasteiger partial charge on any atom is -0.441 e. The molecule has 0 unspecified atom stereocenters. The summed E-state index contributed by atoms with van der Waals surface area (Å²) in [5, 5.41) is 7.10. The molecule has 0 aliphatic heterocycles. The van der Waals surface area contributed by atoms with Crippen LogP contribution in [0.1, 0.15) is 36.4 Å². The number of benzene rings is 1. The SMILES string of the molecule is Cc1ccccc1CC(C)(C)NC(=O)Cc1nc(-c2ccsc2)oc1C. The molecule has 1 N–H and O–H groups in total. The van der Waals surface area contributed by atoms with Crippen molar-refractivity contribution < 1.29 is 9.21 Å². The van der Waals surface area contributed by atoms with Crippen molar-refractivity contribution >= 4 is 17.2 Å². The van der Waals surface area contributed by atoms with Gasteiger partial charge in [-0.15, -0.1) is 0 Å². The van der Waals surface area contributed by atoms with Crippen LogP contribution in [0.25, 0.3) is 11.5 Å². The number of amides is 1. The standard InChI is InChI=1S/C21H24N2O2S/c1-14-7-5-6-8-16(14)12-21(3,4)23-19(24)11-18-15(2)25-20(22-18)17-9-10-26-13-17/h5-10,13H,11-12H2,1-4H3,(H,23,24). The van der Waals surface area contributed by atoms with Gasteiger partial charge in [0.15, 0.2) is 0 Å². The van der Waals surface area contributed by atoms with Crippen molar-refractivity contribution in [2.75, 3.05) is 0 Å². The Bertz CT molecular complexity index is 895. The van der Waals surface area contributed by atoms with E-state index in [1.807, 2.05) is 49.7 Å². The molecule has 0 saturated heterocycles. The Kier molecular flexibility index (Phi) is 5.28. The van der Waals surface area contributed by atoms with Gasteiger partial charge in [-0.1, -0.05) is 24.3 Å². The van der Waals surface area contributed by atoms with Gasteiger partial charge in [0, 0.05) is 16.5 Å². The number of nitrogens with zero attached hydrogens (tertiary/aromatic N) is 1. The third kappa shape index (κ3) is 4.41. The molecule has 26 heavy (non-hydrogen) atoms. The fourth-order valence-corrected chi connectivity index (χ4v) is 3.63. The molecule has 0 aliphatic rings. The molecule has 0 radical (unpaired) electrons. The molecule has 0 bridgehead atoms. The van der Waals surface area contributed by atoms with Crippen LogP contribution < -0.4 is 5.32 Å². The van der Waals surface area contributed by atoms with Crippen LogP contribution in [0.3, 0.4) is 0 Å². The third-order valence-corrected chi connectivity index (χ3v) is 5.04. The highest BCUT2D eigenvalue weighted by Crippen LogP contribution is 2.24. The molecule has 3 rings (SSSR count). The number of thiophene rings is 1. The van der Waals surface area contributed by atoms with Gasteiger partial charge in [0.25, 0.3) is 0 Å². The number of aromatic nitrogens is 1. The molecule has 0 atom stereocenters. The van der Waals surface area contributed by atoms with Crippen molar-refractivity contribution in [3.8, 4) is 11.5 Å². The summed E-state index contributed by atoms with van der Waals surface area (Å²) in [5.74, 6) is 1.22. The second-order valence-electron chi connectivity index (χ2n) is 7.25. The quantitative estimate of drug-likeness (QED) is 0.686. The fraction of sp³-hybridized carbons (Fsp3) is 0.333. The summed E-state index contributed by atoms with van der Waals surface area (Å²) in [5.41, 5.74) is 3.79. The van der Waals surface area contributed by atoms with Gasteiger partial charge < -0.3 is 9.73 Å². The predicted molar refractivity (Wildman–Crippen MR) is 105 cm³/mol. The second kappa shape index (κ2) is 7.46. The third-order valence-electron chi connectivity index (χ3n) is 4.36. The molecule has 0 saturated carbocycles. The van der Waals surface area contributed by atoms with Gasteiger partial charge >= 0.3 is 0 Å². The van der Waals surface area contributed by atoms with Crippen LogP contribution in [0.2, 0.25) is 0 Å². The first-order chi connectivity index (χ1) is 12.3. The summed E-state index contributed by atoms with van der Waals surface area (Å²) < 4.78 is 5.72. The van der Waals surface area contributed by atoms with Gasteiger partial charge in [-0.2, -0.15) is 11.3 Å². The van der Waals surface area contributed by atoms with Crippen LogP contribution in [0.4, 0.5) is 0 Å². The predicted octanol–water partition coefficient (Wildman–Crippen LogP) is 4.70. The summed E-state index contributed by atoms with van der Waals surface area (Å²) in [7, 11) is 0. The van der Waals surface area contributed by atoms with E-state index in [-0.39, 0.29) is 17.9 Å². The van der Waals surface area contributed by atoms with E-state index in [1.54, 1.807) is 11.3 Å². The average Bonchev–Trinajstić information content (AvgIpc) is 3.19. The highest BCUT2D eigenvalue weighted by molar-refractivity contribution is 7.08. The normalized spacial score (nSPS) is 11.5. The number of carbonyl (C=O) groups excluding carboxylic acids is 1. The van der Waals surface area contributed by atoms with E-state index in [0.29, 0.717) is 17.3 Å². The zero-order chi connectivity index (χ0) is 18.7. The Hall–Kier alpha value is -2.40. The molecule has 2 aromatic heterocycles. The van der Waals surface area contributed by atoms with Gasteiger partial charge in [0.05, 0.1) is 12.1 Å². The maximum absolute atomic E-state index is 12.6. The van der Waals surface area contributed by atoms with Crippen molar-refractivity contribution in [2.45, 2.75) is 46.1 Å². The van der Waals surface area contributed by atoms with Crippen molar-refractivity contribution in [3.05, 3.63) is 63.7 Å². The van der Waals surface area contributed by atoms with Crippen molar-refractivity contribution in [2.24, 2.45) is 0 Å².